The van der Waals surface area contributed by atoms with Crippen molar-refractivity contribution in [3.63, 3.8) is 0 Å². The molecule has 0 bridgehead atoms. The summed E-state index contributed by atoms with van der Waals surface area (Å²) < 4.78 is 14.7. The maximum absolute atomic E-state index is 13.1. The third-order valence-electron chi connectivity index (χ3n) is 4.64. The largest absolute Gasteiger partial charge is 0.349 e. The van der Waals surface area contributed by atoms with Crippen LogP contribution in [0.4, 0.5) is 4.39 Å². The summed E-state index contributed by atoms with van der Waals surface area (Å²) >= 11 is 1.25. The van der Waals surface area contributed by atoms with Crippen LogP contribution in [0.5, 0.6) is 0 Å². The van der Waals surface area contributed by atoms with E-state index in [2.05, 4.69) is 17.2 Å². The number of aromatic nitrogens is 2. The molecule has 2 aromatic carbocycles. The van der Waals surface area contributed by atoms with Crippen molar-refractivity contribution in [3.8, 4) is 0 Å². The van der Waals surface area contributed by atoms with Crippen LogP contribution < -0.4 is 10.9 Å². The van der Waals surface area contributed by atoms with Gasteiger partial charge in [0.05, 0.1) is 22.7 Å². The van der Waals surface area contributed by atoms with Gasteiger partial charge in [0.25, 0.3) is 5.56 Å². The van der Waals surface area contributed by atoms with Crippen LogP contribution in [0.25, 0.3) is 10.9 Å². The van der Waals surface area contributed by atoms with Gasteiger partial charge >= 0.3 is 0 Å². The Balaban J connectivity index is 1.74. The number of para-hydroxylation sites is 1. The van der Waals surface area contributed by atoms with Crippen molar-refractivity contribution in [2.75, 3.05) is 5.75 Å². The van der Waals surface area contributed by atoms with Crippen LogP contribution in [0, 0.1) is 5.82 Å². The summed E-state index contributed by atoms with van der Waals surface area (Å²) in [5.41, 5.74) is 1.38. The number of nitrogens with one attached hydrogen (secondary N) is 1. The molecule has 1 atom stereocenters. The molecule has 7 heteroatoms. The van der Waals surface area contributed by atoms with E-state index in [4.69, 9.17) is 0 Å². The van der Waals surface area contributed by atoms with E-state index < -0.39 is 0 Å². The lowest BCUT2D eigenvalue weighted by Gasteiger charge is -2.15. The van der Waals surface area contributed by atoms with Gasteiger partial charge < -0.3 is 5.32 Å². The smallest absolute Gasteiger partial charge is 0.262 e. The van der Waals surface area contributed by atoms with Gasteiger partial charge in [0.15, 0.2) is 5.16 Å². The maximum atomic E-state index is 13.1. The van der Waals surface area contributed by atoms with Gasteiger partial charge in [-0.3, -0.25) is 14.2 Å². The Morgan fingerprint density at radius 3 is 2.66 bits per heavy atom. The third-order valence-corrected chi connectivity index (χ3v) is 5.62. The number of thioether (sulfide) groups is 1. The second-order valence-electron chi connectivity index (χ2n) is 6.85. The SMILES string of the molecule is CCCCn1c(SCC(=O)N[C@@H](C)c2ccc(F)cc2)nc2ccccc2c1=O. The van der Waals surface area contributed by atoms with Crippen LogP contribution in [0.1, 0.15) is 38.3 Å². The van der Waals surface area contributed by atoms with Crippen LogP contribution in [-0.4, -0.2) is 21.2 Å². The second-order valence-corrected chi connectivity index (χ2v) is 7.79. The first kappa shape index (κ1) is 21.0. The summed E-state index contributed by atoms with van der Waals surface area (Å²) in [5.74, 6) is -0.339. The molecule has 0 spiro atoms. The molecule has 0 aliphatic carbocycles. The molecule has 3 rings (SSSR count). The molecule has 0 saturated heterocycles. The number of hydrogen-bond acceptors (Lipinski definition) is 4. The highest BCUT2D eigenvalue weighted by molar-refractivity contribution is 7.99. The van der Waals surface area contributed by atoms with Gasteiger partial charge in [0, 0.05) is 6.54 Å². The highest BCUT2D eigenvalue weighted by atomic mass is 32.2. The van der Waals surface area contributed by atoms with Crippen LogP contribution in [0.15, 0.2) is 58.5 Å². The Bertz CT molecular complexity index is 1050. The molecule has 1 aromatic heterocycles. The van der Waals surface area contributed by atoms with Crippen molar-refractivity contribution in [3.05, 3.63) is 70.3 Å². The zero-order chi connectivity index (χ0) is 20.8. The van der Waals surface area contributed by atoms with Crippen molar-refractivity contribution < 1.29 is 9.18 Å². The summed E-state index contributed by atoms with van der Waals surface area (Å²) in [6, 6.07) is 13.1. The molecular formula is C22H24FN3O2S. The predicted molar refractivity (Wildman–Crippen MR) is 115 cm³/mol. The molecule has 1 N–H and O–H groups in total. The van der Waals surface area contributed by atoms with Gasteiger partial charge in [-0.2, -0.15) is 0 Å². The summed E-state index contributed by atoms with van der Waals surface area (Å²) in [7, 11) is 0. The lowest BCUT2D eigenvalue weighted by molar-refractivity contribution is -0.119. The molecular weight excluding hydrogens is 389 g/mol. The van der Waals surface area contributed by atoms with Gasteiger partial charge in [-0.05, 0) is 43.2 Å². The Labute approximate surface area is 173 Å². The van der Waals surface area contributed by atoms with E-state index in [-0.39, 0.29) is 29.1 Å². The Hall–Kier alpha value is -2.67. The van der Waals surface area contributed by atoms with Crippen molar-refractivity contribution >= 4 is 28.6 Å². The average molecular weight is 414 g/mol. The van der Waals surface area contributed by atoms with Crippen LogP contribution in [-0.2, 0) is 11.3 Å². The number of carbonyl (C=O) groups excluding carboxylic acids is 1. The van der Waals surface area contributed by atoms with Crippen molar-refractivity contribution in [2.24, 2.45) is 0 Å². The Morgan fingerprint density at radius 1 is 1.21 bits per heavy atom. The lowest BCUT2D eigenvalue weighted by atomic mass is 10.1. The Kier molecular flexibility index (Phi) is 7.04. The quantitative estimate of drug-likeness (QED) is 0.442. The topological polar surface area (TPSA) is 64.0 Å². The number of fused-ring (bicyclic) bond motifs is 1. The zero-order valence-corrected chi connectivity index (χ0v) is 17.3. The zero-order valence-electron chi connectivity index (χ0n) is 16.5. The molecule has 1 heterocycles. The van der Waals surface area contributed by atoms with Crippen LogP contribution in [0.3, 0.4) is 0 Å². The number of nitrogens with zero attached hydrogens (tertiary/aromatic N) is 2. The number of hydrogen-bond donors (Lipinski definition) is 1. The number of amides is 1. The molecule has 0 unspecified atom stereocenters. The van der Waals surface area contributed by atoms with Crippen LogP contribution >= 0.6 is 11.8 Å². The minimum Gasteiger partial charge on any atom is -0.349 e. The third kappa shape index (κ3) is 5.23. The molecule has 1 amide bonds. The predicted octanol–water partition coefficient (Wildman–Crippen LogP) is 4.31. The minimum atomic E-state index is -0.310. The lowest BCUT2D eigenvalue weighted by Crippen LogP contribution is -2.29. The standard InChI is InChI=1S/C22H24FN3O2S/c1-3-4-13-26-21(28)18-7-5-6-8-19(18)25-22(26)29-14-20(27)24-15(2)16-9-11-17(23)12-10-16/h5-12,15H,3-4,13-14H2,1-2H3,(H,24,27)/t15-/m0/s1. The molecule has 0 radical (unpaired) electrons. The van der Waals surface area contributed by atoms with Gasteiger partial charge in [0.1, 0.15) is 5.82 Å². The number of rotatable bonds is 8. The maximum Gasteiger partial charge on any atom is 0.262 e. The minimum absolute atomic E-state index is 0.0772. The second kappa shape index (κ2) is 9.69. The Morgan fingerprint density at radius 2 is 1.93 bits per heavy atom. The van der Waals surface area contributed by atoms with E-state index in [0.717, 1.165) is 18.4 Å². The summed E-state index contributed by atoms with van der Waals surface area (Å²) in [6.45, 7) is 4.49. The molecule has 0 aliphatic heterocycles. The van der Waals surface area contributed by atoms with E-state index in [1.54, 1.807) is 22.8 Å². The van der Waals surface area contributed by atoms with E-state index in [0.29, 0.717) is 22.6 Å². The first-order valence-corrected chi connectivity index (χ1v) is 10.7. The fraction of sp³-hybridized carbons (Fsp3) is 0.318. The van der Waals surface area contributed by atoms with E-state index in [1.165, 1.54) is 23.9 Å². The first-order chi connectivity index (χ1) is 14.0. The van der Waals surface area contributed by atoms with Crippen molar-refractivity contribution in [1.29, 1.82) is 0 Å². The molecule has 0 saturated carbocycles. The summed E-state index contributed by atoms with van der Waals surface area (Å²) in [5, 5.41) is 4.04. The van der Waals surface area contributed by atoms with E-state index in [1.807, 2.05) is 25.1 Å². The molecule has 0 fully saturated rings. The monoisotopic (exact) mass is 413 g/mol. The normalized spacial score (nSPS) is 12.1. The fourth-order valence-electron chi connectivity index (χ4n) is 3.02. The highest BCUT2D eigenvalue weighted by Crippen LogP contribution is 2.19. The summed E-state index contributed by atoms with van der Waals surface area (Å²) in [4.78, 5) is 29.9. The summed E-state index contributed by atoms with van der Waals surface area (Å²) in [6.07, 6.45) is 1.82. The number of benzene rings is 2. The van der Waals surface area contributed by atoms with Crippen molar-refractivity contribution in [1.82, 2.24) is 14.9 Å². The molecule has 0 aliphatic rings. The first-order valence-electron chi connectivity index (χ1n) is 9.66. The van der Waals surface area contributed by atoms with Gasteiger partial charge in [0.2, 0.25) is 5.91 Å². The van der Waals surface area contributed by atoms with Gasteiger partial charge in [-0.1, -0.05) is 49.4 Å². The number of halogens is 1. The van der Waals surface area contributed by atoms with E-state index in [9.17, 15) is 14.0 Å². The molecule has 3 aromatic rings. The van der Waals surface area contributed by atoms with Crippen molar-refractivity contribution in [2.45, 2.75) is 44.4 Å². The van der Waals surface area contributed by atoms with Gasteiger partial charge in [-0.15, -0.1) is 0 Å². The van der Waals surface area contributed by atoms with Crippen LogP contribution in [0.2, 0.25) is 0 Å². The average Bonchev–Trinajstić information content (AvgIpc) is 2.72. The molecule has 152 valence electrons. The highest BCUT2D eigenvalue weighted by Gasteiger charge is 2.14. The van der Waals surface area contributed by atoms with Gasteiger partial charge in [-0.25, -0.2) is 9.37 Å². The van der Waals surface area contributed by atoms with E-state index >= 15 is 0 Å². The molecule has 5 nitrogen and oxygen atoms in total. The fourth-order valence-corrected chi connectivity index (χ4v) is 3.86. The molecule has 29 heavy (non-hydrogen) atoms. The number of unbranched alkanes of at least 4 members (excludes halogenated alkanes) is 1. The number of carbonyl (C=O) groups is 1.